The third kappa shape index (κ3) is 6.64. The molecule has 2 aliphatic heterocycles. The highest BCUT2D eigenvalue weighted by Crippen LogP contribution is 2.38. The molecule has 6 rings (SSSR count). The molecule has 2 aliphatic rings. The number of pyridine rings is 1. The zero-order valence-electron chi connectivity index (χ0n) is 27.0. The SMILES string of the molecule is [C-]#[N+]C[C@H]1CN(c2nc(OC[C@H]3CN(C)C[C@H]3F)nc3c(F)c(-c4cccc5ccc(F)c(Cl)c45)ncc23)CCN1C(=O)OC(C)(C)C. The molecule has 0 unspecified atom stereocenters. The maximum atomic E-state index is 16.7. The number of halogens is 4. The molecule has 2 aromatic carbocycles. The van der Waals surface area contributed by atoms with Crippen molar-refractivity contribution in [3.63, 3.8) is 0 Å². The number of aromatic nitrogens is 3. The van der Waals surface area contributed by atoms with E-state index >= 15 is 4.39 Å². The summed E-state index contributed by atoms with van der Waals surface area (Å²) >= 11 is 6.37. The van der Waals surface area contributed by atoms with E-state index in [0.29, 0.717) is 17.3 Å². The van der Waals surface area contributed by atoms with Gasteiger partial charge in [-0.05, 0) is 39.3 Å². The summed E-state index contributed by atoms with van der Waals surface area (Å²) in [5, 5.41) is 1.00. The number of carbonyl (C=O) groups excluding carboxylic acids is 1. The number of fused-ring (bicyclic) bond motifs is 2. The van der Waals surface area contributed by atoms with Crippen LogP contribution in [-0.4, -0.2) is 102 Å². The third-order valence-electron chi connectivity index (χ3n) is 8.52. The van der Waals surface area contributed by atoms with Crippen molar-refractivity contribution in [1.82, 2.24) is 24.8 Å². The number of benzene rings is 2. The van der Waals surface area contributed by atoms with Crippen molar-refractivity contribution in [1.29, 1.82) is 0 Å². The first-order chi connectivity index (χ1) is 22.8. The number of anilines is 1. The van der Waals surface area contributed by atoms with E-state index < -0.39 is 41.5 Å². The van der Waals surface area contributed by atoms with Gasteiger partial charge in [0.25, 0.3) is 0 Å². The Kier molecular flexibility index (Phi) is 9.24. The summed E-state index contributed by atoms with van der Waals surface area (Å²) in [7, 11) is 1.82. The molecule has 14 heteroatoms. The van der Waals surface area contributed by atoms with E-state index in [1.807, 2.05) is 16.8 Å². The van der Waals surface area contributed by atoms with Crippen LogP contribution >= 0.6 is 11.6 Å². The molecular weight excluding hydrogens is 647 g/mol. The summed E-state index contributed by atoms with van der Waals surface area (Å²) in [4.78, 5) is 35.3. The number of carbonyl (C=O) groups is 1. The largest absolute Gasteiger partial charge is 0.463 e. The molecule has 2 fully saturated rings. The van der Waals surface area contributed by atoms with E-state index in [-0.39, 0.29) is 78.3 Å². The second kappa shape index (κ2) is 13.2. The van der Waals surface area contributed by atoms with Crippen molar-refractivity contribution >= 4 is 45.2 Å². The number of nitrogens with zero attached hydrogens (tertiary/aromatic N) is 7. The van der Waals surface area contributed by atoms with Crippen LogP contribution in [0.2, 0.25) is 5.02 Å². The van der Waals surface area contributed by atoms with Crippen molar-refractivity contribution in [3.05, 3.63) is 64.6 Å². The third-order valence-corrected chi connectivity index (χ3v) is 8.89. The topological polar surface area (TPSA) is 88.3 Å². The lowest BCUT2D eigenvalue weighted by Crippen LogP contribution is -2.57. The molecular formula is C34H35ClF3N7O3. The molecule has 2 saturated heterocycles. The van der Waals surface area contributed by atoms with E-state index in [1.165, 1.54) is 17.2 Å². The first kappa shape index (κ1) is 33.5. The van der Waals surface area contributed by atoms with Crippen LogP contribution in [0.4, 0.5) is 23.8 Å². The van der Waals surface area contributed by atoms with Crippen molar-refractivity contribution in [3.8, 4) is 17.3 Å². The van der Waals surface area contributed by atoms with Crippen LogP contribution in [0.15, 0.2) is 36.5 Å². The van der Waals surface area contributed by atoms with Crippen LogP contribution in [0.5, 0.6) is 6.01 Å². The standard InChI is InChI=1S/C34H35ClF3N7O3/c1-34(2,3)48-33(46)45-12-11-44(16-21(45)13-39-4)31-23-14-40-29(22-8-6-7-19-9-10-24(36)27(35)26(19)22)28(38)30(23)41-32(42-31)47-18-20-15-43(5)17-25(20)37/h6-10,14,20-21,25H,11-13,15-18H2,1-3,5H3/t20-,21+,25-/m1/s1. The molecule has 10 nitrogen and oxygen atoms in total. The van der Waals surface area contributed by atoms with Crippen molar-refractivity contribution in [2.75, 3.05) is 57.8 Å². The van der Waals surface area contributed by atoms with Gasteiger partial charge in [-0.15, -0.1) is 0 Å². The fourth-order valence-electron chi connectivity index (χ4n) is 6.27. The molecule has 4 aromatic rings. The van der Waals surface area contributed by atoms with E-state index in [9.17, 15) is 13.6 Å². The van der Waals surface area contributed by atoms with Gasteiger partial charge in [-0.25, -0.2) is 24.5 Å². The Morgan fingerprint density at radius 2 is 1.92 bits per heavy atom. The maximum absolute atomic E-state index is 16.7. The Balaban J connectivity index is 1.43. The van der Waals surface area contributed by atoms with Crippen LogP contribution in [0, 0.1) is 24.1 Å². The van der Waals surface area contributed by atoms with Gasteiger partial charge in [-0.3, -0.25) is 9.88 Å². The van der Waals surface area contributed by atoms with Gasteiger partial charge in [0, 0.05) is 55.8 Å². The number of piperazine rings is 1. The van der Waals surface area contributed by atoms with Crippen molar-refractivity contribution in [2.24, 2.45) is 5.92 Å². The highest BCUT2D eigenvalue weighted by atomic mass is 35.5. The van der Waals surface area contributed by atoms with E-state index in [1.54, 1.807) is 45.0 Å². The summed E-state index contributed by atoms with van der Waals surface area (Å²) in [6.45, 7) is 14.3. The summed E-state index contributed by atoms with van der Waals surface area (Å²) in [6.07, 6.45) is -0.196. The molecule has 0 saturated carbocycles. The molecule has 4 heterocycles. The highest BCUT2D eigenvalue weighted by molar-refractivity contribution is 6.36. The van der Waals surface area contributed by atoms with E-state index in [2.05, 4.69) is 19.8 Å². The Morgan fingerprint density at radius 3 is 2.62 bits per heavy atom. The minimum Gasteiger partial charge on any atom is -0.463 e. The van der Waals surface area contributed by atoms with Crippen LogP contribution in [0.25, 0.3) is 37.8 Å². The molecule has 252 valence electrons. The summed E-state index contributed by atoms with van der Waals surface area (Å²) in [5.41, 5.74) is -0.657. The predicted molar refractivity (Wildman–Crippen MR) is 177 cm³/mol. The molecule has 3 atom stereocenters. The average Bonchev–Trinajstić information content (AvgIpc) is 3.37. The highest BCUT2D eigenvalue weighted by Gasteiger charge is 2.37. The van der Waals surface area contributed by atoms with Crippen LogP contribution in [-0.2, 0) is 4.74 Å². The van der Waals surface area contributed by atoms with Crippen molar-refractivity contribution < 1.29 is 27.4 Å². The average molecular weight is 682 g/mol. The Hall–Kier alpha value is -4.41. The Bertz CT molecular complexity index is 1920. The number of alkyl halides is 1. The van der Waals surface area contributed by atoms with Gasteiger partial charge in [0.2, 0.25) is 6.54 Å². The lowest BCUT2D eigenvalue weighted by atomic mass is 10.0. The van der Waals surface area contributed by atoms with Gasteiger partial charge in [0.15, 0.2) is 5.82 Å². The quantitative estimate of drug-likeness (QED) is 0.216. The predicted octanol–water partition coefficient (Wildman–Crippen LogP) is 6.40. The second-order valence-electron chi connectivity index (χ2n) is 13.2. The maximum Gasteiger partial charge on any atom is 0.410 e. The molecule has 2 aromatic heterocycles. The van der Waals surface area contributed by atoms with Gasteiger partial charge in [0.05, 0.1) is 17.0 Å². The molecule has 0 radical (unpaired) electrons. The normalized spacial score (nSPS) is 20.4. The molecule has 48 heavy (non-hydrogen) atoms. The number of hydrogen-bond donors (Lipinski definition) is 0. The molecule has 0 bridgehead atoms. The number of amides is 1. The lowest BCUT2D eigenvalue weighted by molar-refractivity contribution is 0.0155. The van der Waals surface area contributed by atoms with E-state index in [0.717, 1.165) is 0 Å². The van der Waals surface area contributed by atoms with Gasteiger partial charge >= 0.3 is 12.1 Å². The van der Waals surface area contributed by atoms with Gasteiger partial charge in [-0.1, -0.05) is 35.9 Å². The van der Waals surface area contributed by atoms with Crippen LogP contribution < -0.4 is 9.64 Å². The number of likely N-dealkylation sites (tertiary alicyclic amines) is 1. The summed E-state index contributed by atoms with van der Waals surface area (Å²) in [5.74, 6) is -1.60. The lowest BCUT2D eigenvalue weighted by Gasteiger charge is -2.40. The molecule has 1 amide bonds. The summed E-state index contributed by atoms with van der Waals surface area (Å²) in [6, 6.07) is 7.14. The van der Waals surface area contributed by atoms with Gasteiger partial charge in [-0.2, -0.15) is 9.97 Å². The molecule has 0 spiro atoms. The number of rotatable bonds is 6. The molecule has 0 aliphatic carbocycles. The minimum atomic E-state index is -1.10. The van der Waals surface area contributed by atoms with Gasteiger partial charge in [0.1, 0.15) is 40.7 Å². The second-order valence-corrected chi connectivity index (χ2v) is 13.6. The zero-order chi connectivity index (χ0) is 34.3. The fraction of sp³-hybridized carbons (Fsp3) is 0.441. The number of ether oxygens (including phenoxy) is 2. The number of hydrogen-bond acceptors (Lipinski definition) is 8. The van der Waals surface area contributed by atoms with Gasteiger partial charge < -0.3 is 24.1 Å². The van der Waals surface area contributed by atoms with Crippen molar-refractivity contribution in [2.45, 2.75) is 38.6 Å². The fourth-order valence-corrected chi connectivity index (χ4v) is 6.54. The van der Waals surface area contributed by atoms with E-state index in [4.69, 9.17) is 27.6 Å². The molecule has 0 N–H and O–H groups in total. The minimum absolute atomic E-state index is 0.00433. The Labute approximate surface area is 281 Å². The zero-order valence-corrected chi connectivity index (χ0v) is 27.8. The van der Waals surface area contributed by atoms with Crippen LogP contribution in [0.3, 0.4) is 0 Å². The smallest absolute Gasteiger partial charge is 0.410 e. The first-order valence-corrected chi connectivity index (χ1v) is 16.0. The Morgan fingerprint density at radius 1 is 1.12 bits per heavy atom. The monoisotopic (exact) mass is 681 g/mol. The van der Waals surface area contributed by atoms with Crippen LogP contribution in [0.1, 0.15) is 20.8 Å². The summed E-state index contributed by atoms with van der Waals surface area (Å²) < 4.78 is 57.4. The first-order valence-electron chi connectivity index (χ1n) is 15.6.